The van der Waals surface area contributed by atoms with Crippen molar-refractivity contribution in [3.05, 3.63) is 87.8 Å². The molecule has 2 aliphatic heterocycles. The van der Waals surface area contributed by atoms with Crippen LogP contribution in [0.5, 0.6) is 0 Å². The topological polar surface area (TPSA) is 61.7 Å². The van der Waals surface area contributed by atoms with Crippen molar-refractivity contribution in [1.29, 1.82) is 0 Å². The average Bonchev–Trinajstić information content (AvgIpc) is 2.90. The zero-order valence-electron chi connectivity index (χ0n) is 19.7. The van der Waals surface area contributed by atoms with Gasteiger partial charge in [-0.15, -0.1) is 0 Å². The highest BCUT2D eigenvalue weighted by Crippen LogP contribution is 2.27. The maximum Gasteiger partial charge on any atom is 0.269 e. The molecule has 2 aromatic carbocycles. The van der Waals surface area contributed by atoms with Gasteiger partial charge in [0.1, 0.15) is 0 Å². The number of carbonyl (C=O) groups is 1. The first-order chi connectivity index (χ1) is 17.1. The third-order valence-electron chi connectivity index (χ3n) is 6.95. The lowest BCUT2D eigenvalue weighted by Crippen LogP contribution is -2.52. The third kappa shape index (κ3) is 5.35. The molecule has 0 saturated carbocycles. The Hall–Kier alpha value is -3.32. The number of nitrogens with zero attached hydrogens (tertiary/aromatic N) is 5. The van der Waals surface area contributed by atoms with Crippen LogP contribution in [0.4, 0.5) is 11.4 Å². The van der Waals surface area contributed by atoms with Crippen LogP contribution < -0.4 is 15.4 Å². The summed E-state index contributed by atoms with van der Waals surface area (Å²) in [4.78, 5) is 32.4. The van der Waals surface area contributed by atoms with Crippen LogP contribution in [0, 0.1) is 5.92 Å². The Morgan fingerprint density at radius 3 is 2.43 bits per heavy atom. The highest BCUT2D eigenvalue weighted by Gasteiger charge is 2.31. The molecule has 2 aliphatic rings. The molecule has 8 heteroatoms. The Morgan fingerprint density at radius 2 is 1.69 bits per heavy atom. The Bertz CT molecular complexity index is 1220. The first-order valence-corrected chi connectivity index (χ1v) is 12.6. The third-order valence-corrected chi connectivity index (χ3v) is 7.27. The zero-order valence-corrected chi connectivity index (χ0v) is 20.5. The maximum atomic E-state index is 13.3. The van der Waals surface area contributed by atoms with Gasteiger partial charge in [0.2, 0.25) is 5.91 Å². The first kappa shape index (κ1) is 23.4. The van der Waals surface area contributed by atoms with Crippen molar-refractivity contribution >= 4 is 28.9 Å². The molecule has 0 radical (unpaired) electrons. The van der Waals surface area contributed by atoms with E-state index in [0.717, 1.165) is 54.4 Å². The summed E-state index contributed by atoms with van der Waals surface area (Å²) in [6.45, 7) is 4.82. The lowest BCUT2D eigenvalue weighted by molar-refractivity contribution is -0.136. The first-order valence-electron chi connectivity index (χ1n) is 12.2. The summed E-state index contributed by atoms with van der Waals surface area (Å²) in [6.07, 6.45) is 3.54. The summed E-state index contributed by atoms with van der Waals surface area (Å²) in [5, 5.41) is 5.15. The average molecular weight is 492 g/mol. The van der Waals surface area contributed by atoms with Crippen LogP contribution in [0.1, 0.15) is 18.4 Å². The lowest BCUT2D eigenvalue weighted by Gasteiger charge is -2.40. The van der Waals surface area contributed by atoms with E-state index in [1.54, 1.807) is 12.3 Å². The molecule has 5 rings (SSSR count). The zero-order chi connectivity index (χ0) is 24.2. The number of aromatic nitrogens is 2. The molecule has 7 nitrogen and oxygen atoms in total. The van der Waals surface area contributed by atoms with Gasteiger partial charge in [-0.2, -0.15) is 5.10 Å². The quantitative estimate of drug-likeness (QED) is 0.546. The molecule has 1 aromatic heterocycles. The number of rotatable bonds is 5. The fraction of sp³-hybridized carbons (Fsp3) is 0.370. The number of carbonyl (C=O) groups excluding carboxylic acids is 1. The minimum Gasteiger partial charge on any atom is -0.369 e. The molecule has 2 saturated heterocycles. The summed E-state index contributed by atoms with van der Waals surface area (Å²) >= 11 is 6.36. The molecule has 2 fully saturated rings. The maximum absolute atomic E-state index is 13.3. The highest BCUT2D eigenvalue weighted by molar-refractivity contribution is 6.33. The SMILES string of the molecule is O=C([C@@H]1CCCN(c2cnn(Cc3ccccc3)c(=O)c2)C1)N1CCN(c2ccccc2Cl)CC1. The van der Waals surface area contributed by atoms with E-state index in [2.05, 4.69) is 14.9 Å². The molecule has 182 valence electrons. The molecule has 3 aromatic rings. The molecule has 0 spiro atoms. The Balaban J connectivity index is 1.20. The van der Waals surface area contributed by atoms with Gasteiger partial charge in [-0.05, 0) is 30.5 Å². The molecule has 0 bridgehead atoms. The largest absolute Gasteiger partial charge is 0.369 e. The fourth-order valence-electron chi connectivity index (χ4n) is 5.02. The van der Waals surface area contributed by atoms with Crippen molar-refractivity contribution in [2.45, 2.75) is 19.4 Å². The van der Waals surface area contributed by atoms with Crippen LogP contribution in [0.2, 0.25) is 5.02 Å². The van der Waals surface area contributed by atoms with E-state index in [1.165, 1.54) is 4.68 Å². The smallest absolute Gasteiger partial charge is 0.269 e. The Morgan fingerprint density at radius 1 is 0.943 bits per heavy atom. The number of benzene rings is 2. The van der Waals surface area contributed by atoms with E-state index in [4.69, 9.17) is 11.6 Å². The molecule has 0 N–H and O–H groups in total. The summed E-state index contributed by atoms with van der Waals surface area (Å²) in [6, 6.07) is 19.3. The fourth-order valence-corrected chi connectivity index (χ4v) is 5.27. The summed E-state index contributed by atoms with van der Waals surface area (Å²) in [5.74, 6) is 0.140. The minimum absolute atomic E-state index is 0.0673. The highest BCUT2D eigenvalue weighted by atomic mass is 35.5. The van der Waals surface area contributed by atoms with Crippen molar-refractivity contribution in [2.24, 2.45) is 5.92 Å². The molecule has 0 aliphatic carbocycles. The summed E-state index contributed by atoms with van der Waals surface area (Å²) in [7, 11) is 0. The van der Waals surface area contributed by atoms with Gasteiger partial charge < -0.3 is 14.7 Å². The number of halogens is 1. The van der Waals surface area contributed by atoms with E-state index in [-0.39, 0.29) is 17.4 Å². The standard InChI is InChI=1S/C27H30ClN5O2/c28-24-10-4-5-11-25(24)30-13-15-31(16-14-30)27(35)22-9-6-12-32(20-22)23-17-26(34)33(29-18-23)19-21-7-2-1-3-8-21/h1-5,7-8,10-11,17-18,22H,6,9,12-16,19-20H2/t22-/m1/s1. The molecule has 35 heavy (non-hydrogen) atoms. The number of para-hydroxylation sites is 1. The Labute approximate surface area is 210 Å². The molecule has 1 amide bonds. The van der Waals surface area contributed by atoms with Crippen molar-refractivity contribution in [1.82, 2.24) is 14.7 Å². The van der Waals surface area contributed by atoms with Crippen molar-refractivity contribution < 1.29 is 4.79 Å². The number of hydrogen-bond donors (Lipinski definition) is 0. The van der Waals surface area contributed by atoms with E-state index in [0.29, 0.717) is 26.2 Å². The van der Waals surface area contributed by atoms with E-state index in [1.807, 2.05) is 59.5 Å². The molecule has 1 atom stereocenters. The second kappa shape index (κ2) is 10.5. The van der Waals surface area contributed by atoms with Crippen LogP contribution in [-0.4, -0.2) is 59.9 Å². The van der Waals surface area contributed by atoms with Crippen LogP contribution in [0.25, 0.3) is 0 Å². The predicted molar refractivity (Wildman–Crippen MR) is 139 cm³/mol. The van der Waals surface area contributed by atoms with Crippen LogP contribution in [0.3, 0.4) is 0 Å². The van der Waals surface area contributed by atoms with Crippen LogP contribution in [-0.2, 0) is 11.3 Å². The number of amides is 1. The van der Waals surface area contributed by atoms with E-state index in [9.17, 15) is 9.59 Å². The number of piperidine rings is 1. The van der Waals surface area contributed by atoms with E-state index >= 15 is 0 Å². The Kier molecular flexibility index (Phi) is 7.04. The van der Waals surface area contributed by atoms with Crippen molar-refractivity contribution in [3.8, 4) is 0 Å². The normalized spacial score (nSPS) is 18.5. The van der Waals surface area contributed by atoms with Gasteiger partial charge in [0.25, 0.3) is 5.56 Å². The molecular formula is C27H30ClN5O2. The molecule has 3 heterocycles. The van der Waals surface area contributed by atoms with Gasteiger partial charge in [0.15, 0.2) is 0 Å². The summed E-state index contributed by atoms with van der Waals surface area (Å²) in [5.41, 5.74) is 2.73. The van der Waals surface area contributed by atoms with Gasteiger partial charge in [-0.3, -0.25) is 9.59 Å². The summed E-state index contributed by atoms with van der Waals surface area (Å²) < 4.78 is 1.48. The van der Waals surface area contributed by atoms with Gasteiger partial charge in [0, 0.05) is 45.3 Å². The van der Waals surface area contributed by atoms with Gasteiger partial charge in [0.05, 0.1) is 35.1 Å². The second-order valence-electron chi connectivity index (χ2n) is 9.24. The number of anilines is 2. The number of piperazine rings is 1. The lowest BCUT2D eigenvalue weighted by atomic mass is 9.96. The van der Waals surface area contributed by atoms with Crippen LogP contribution >= 0.6 is 11.6 Å². The van der Waals surface area contributed by atoms with Crippen molar-refractivity contribution in [3.63, 3.8) is 0 Å². The monoisotopic (exact) mass is 491 g/mol. The molecule has 0 unspecified atom stereocenters. The number of hydrogen-bond acceptors (Lipinski definition) is 5. The van der Waals surface area contributed by atoms with Gasteiger partial charge >= 0.3 is 0 Å². The predicted octanol–water partition coefficient (Wildman–Crippen LogP) is 3.51. The van der Waals surface area contributed by atoms with Gasteiger partial charge in [-0.1, -0.05) is 54.1 Å². The minimum atomic E-state index is -0.129. The van der Waals surface area contributed by atoms with Crippen molar-refractivity contribution in [2.75, 3.05) is 49.1 Å². The van der Waals surface area contributed by atoms with E-state index < -0.39 is 0 Å². The van der Waals surface area contributed by atoms with Crippen LogP contribution in [0.15, 0.2) is 71.7 Å². The second-order valence-corrected chi connectivity index (χ2v) is 9.65. The molecular weight excluding hydrogens is 462 g/mol. The van der Waals surface area contributed by atoms with Gasteiger partial charge in [-0.25, -0.2) is 4.68 Å².